The van der Waals surface area contributed by atoms with Gasteiger partial charge in [0.25, 0.3) is 0 Å². The highest BCUT2D eigenvalue weighted by Crippen LogP contribution is 2.29. The summed E-state index contributed by atoms with van der Waals surface area (Å²) >= 11 is 0. The first-order valence-electron chi connectivity index (χ1n) is 15.1. The Balaban J connectivity index is 1.20. The molecule has 9 heteroatoms. The summed E-state index contributed by atoms with van der Waals surface area (Å²) < 4.78 is 18.4. The number of hydrogen-bond acceptors (Lipinski definition) is 7. The first-order valence-corrected chi connectivity index (χ1v) is 15.1. The fourth-order valence-corrected chi connectivity index (χ4v) is 4.88. The molecule has 0 aliphatic heterocycles. The molecule has 0 bridgehead atoms. The number of alkyl carbamates (subject to hydrolysis) is 1. The number of benzene rings is 2. The van der Waals surface area contributed by atoms with E-state index in [1.54, 1.807) is 10.7 Å². The van der Waals surface area contributed by atoms with Gasteiger partial charge < -0.3 is 24.3 Å². The van der Waals surface area contributed by atoms with E-state index in [4.69, 9.17) is 23.9 Å². The number of carbonyl (C=O) groups excluding carboxylic acids is 1. The maximum Gasteiger partial charge on any atom is 0.407 e. The minimum Gasteiger partial charge on any atom is -0.494 e. The minimum absolute atomic E-state index is 0.0786. The smallest absolute Gasteiger partial charge is 0.407 e. The summed E-state index contributed by atoms with van der Waals surface area (Å²) in [6, 6.07) is 21.7. The van der Waals surface area contributed by atoms with Gasteiger partial charge in [0, 0.05) is 24.7 Å². The fourth-order valence-electron chi connectivity index (χ4n) is 4.88. The van der Waals surface area contributed by atoms with Crippen LogP contribution in [0, 0.1) is 0 Å². The Morgan fingerprint density at radius 2 is 1.68 bits per heavy atom. The van der Waals surface area contributed by atoms with Crippen LogP contribution in [0.1, 0.15) is 69.2 Å². The molecule has 9 nitrogen and oxygen atoms in total. The third kappa shape index (κ3) is 8.40. The van der Waals surface area contributed by atoms with Gasteiger partial charge in [-0.2, -0.15) is 0 Å². The number of ether oxygens (including phenoxy) is 2. The van der Waals surface area contributed by atoms with Crippen molar-refractivity contribution in [2.45, 2.75) is 64.9 Å². The van der Waals surface area contributed by atoms with Crippen molar-refractivity contribution in [2.75, 3.05) is 13.2 Å². The van der Waals surface area contributed by atoms with Gasteiger partial charge in [-0.3, -0.25) is 4.40 Å². The Morgan fingerprint density at radius 3 is 2.41 bits per heavy atom. The molecule has 0 spiro atoms. The van der Waals surface area contributed by atoms with Crippen molar-refractivity contribution in [2.24, 2.45) is 0 Å². The van der Waals surface area contributed by atoms with Crippen LogP contribution in [0.25, 0.3) is 16.9 Å². The van der Waals surface area contributed by atoms with Crippen molar-refractivity contribution in [3.05, 3.63) is 102 Å². The summed E-state index contributed by atoms with van der Waals surface area (Å²) in [6.45, 7) is 6.78. The summed E-state index contributed by atoms with van der Waals surface area (Å²) in [6.07, 6.45) is 7.87. The first kappa shape index (κ1) is 30.7. The van der Waals surface area contributed by atoms with Crippen LogP contribution in [0.4, 0.5) is 4.79 Å². The molecule has 0 atom stereocenters. The summed E-state index contributed by atoms with van der Waals surface area (Å²) in [7, 11) is 0. The summed E-state index contributed by atoms with van der Waals surface area (Å²) in [5.74, 6) is 1.60. The molecule has 0 aliphatic carbocycles. The largest absolute Gasteiger partial charge is 0.494 e. The van der Waals surface area contributed by atoms with Crippen LogP contribution in [-0.2, 0) is 17.6 Å². The number of amides is 1. The number of imidazole rings is 1. The molecule has 0 saturated carbocycles. The Hall–Kier alpha value is -4.79. The summed E-state index contributed by atoms with van der Waals surface area (Å²) in [5.41, 5.74) is 4.20. The number of unbranched alkanes of at least 4 members (excludes halogenated alkanes) is 3. The van der Waals surface area contributed by atoms with E-state index in [2.05, 4.69) is 17.4 Å². The van der Waals surface area contributed by atoms with Gasteiger partial charge in [0.2, 0.25) is 5.88 Å². The van der Waals surface area contributed by atoms with Gasteiger partial charge in [-0.1, -0.05) is 43.2 Å². The normalized spacial score (nSPS) is 11.5. The van der Waals surface area contributed by atoms with Gasteiger partial charge in [-0.05, 0) is 75.6 Å². The number of hydrogen-bond donors (Lipinski definition) is 2. The first-order chi connectivity index (χ1) is 21.2. The molecule has 5 aromatic rings. The number of nitrogens with one attached hydrogen (secondary N) is 1. The molecule has 0 saturated heterocycles. The number of aromatic hydroxyl groups is 1. The lowest BCUT2D eigenvalue weighted by Crippen LogP contribution is -2.32. The van der Waals surface area contributed by atoms with Crippen LogP contribution in [0.15, 0.2) is 83.6 Å². The van der Waals surface area contributed by atoms with Gasteiger partial charge in [0.05, 0.1) is 30.7 Å². The van der Waals surface area contributed by atoms with Gasteiger partial charge in [0.15, 0.2) is 5.65 Å². The topological polar surface area (TPSA) is 111 Å². The number of carbonyl (C=O) groups is 1. The quantitative estimate of drug-likeness (QED) is 0.137. The van der Waals surface area contributed by atoms with E-state index in [9.17, 15) is 9.90 Å². The average molecular weight is 597 g/mol. The van der Waals surface area contributed by atoms with E-state index in [-0.39, 0.29) is 12.0 Å². The monoisotopic (exact) mass is 596 g/mol. The molecule has 1 amide bonds. The third-order valence-corrected chi connectivity index (χ3v) is 7.01. The van der Waals surface area contributed by atoms with Crippen molar-refractivity contribution < 1.29 is 23.8 Å². The van der Waals surface area contributed by atoms with Crippen molar-refractivity contribution >= 4 is 11.7 Å². The van der Waals surface area contributed by atoms with Gasteiger partial charge in [-0.25, -0.2) is 14.8 Å². The van der Waals surface area contributed by atoms with Gasteiger partial charge in [0.1, 0.15) is 22.8 Å². The lowest BCUT2D eigenvalue weighted by Gasteiger charge is -2.19. The maximum absolute atomic E-state index is 11.7. The average Bonchev–Trinajstić information content (AvgIpc) is 3.62. The minimum atomic E-state index is -0.483. The Morgan fingerprint density at radius 1 is 0.909 bits per heavy atom. The van der Waals surface area contributed by atoms with Crippen LogP contribution in [0.5, 0.6) is 11.6 Å². The van der Waals surface area contributed by atoms with E-state index in [0.29, 0.717) is 37.3 Å². The van der Waals surface area contributed by atoms with Crippen LogP contribution in [0.2, 0.25) is 0 Å². The molecule has 0 radical (unpaired) electrons. The third-order valence-electron chi connectivity index (χ3n) is 7.01. The Labute approximate surface area is 257 Å². The highest BCUT2D eigenvalue weighted by atomic mass is 16.6. The molecule has 0 unspecified atom stereocenters. The number of fused-ring (bicyclic) bond motifs is 1. The standard InChI is InChI=1S/C35H40N4O5/c1-35(2,3)44-34(41)36-19-9-4-5-10-20-42-27-17-15-26(16-18-27)31-24-39-32(29(37-31)22-25-12-7-6-8-13-25)38-30(33(39)40)23-28-14-11-21-43-28/h6-8,11-18,21,24,40H,4-5,9-10,19-20,22-23H2,1-3H3,(H,36,41). The lowest BCUT2D eigenvalue weighted by molar-refractivity contribution is 0.0527. The highest BCUT2D eigenvalue weighted by molar-refractivity contribution is 5.67. The van der Waals surface area contributed by atoms with E-state index in [1.807, 2.05) is 81.6 Å². The fraction of sp³-hybridized carbons (Fsp3) is 0.343. The van der Waals surface area contributed by atoms with E-state index in [1.165, 1.54) is 0 Å². The predicted molar refractivity (Wildman–Crippen MR) is 169 cm³/mol. The van der Waals surface area contributed by atoms with Crippen molar-refractivity contribution in [3.8, 4) is 22.9 Å². The zero-order valence-electron chi connectivity index (χ0n) is 25.6. The Bertz CT molecular complexity index is 1640. The molecule has 3 aromatic heterocycles. The predicted octanol–water partition coefficient (Wildman–Crippen LogP) is 7.34. The summed E-state index contributed by atoms with van der Waals surface area (Å²) in [4.78, 5) is 21.5. The molecule has 2 N–H and O–H groups in total. The second-order valence-corrected chi connectivity index (χ2v) is 11.8. The second-order valence-electron chi connectivity index (χ2n) is 11.8. The molecule has 5 rings (SSSR count). The lowest BCUT2D eigenvalue weighted by atomic mass is 10.1. The Kier molecular flexibility index (Phi) is 9.84. The molecular formula is C35H40N4O5. The maximum atomic E-state index is 11.7. The molecule has 44 heavy (non-hydrogen) atoms. The van der Waals surface area contributed by atoms with E-state index >= 15 is 0 Å². The van der Waals surface area contributed by atoms with E-state index < -0.39 is 5.60 Å². The van der Waals surface area contributed by atoms with Crippen molar-refractivity contribution in [1.82, 2.24) is 19.7 Å². The van der Waals surface area contributed by atoms with Crippen LogP contribution in [0.3, 0.4) is 0 Å². The highest BCUT2D eigenvalue weighted by Gasteiger charge is 2.19. The number of furan rings is 1. The van der Waals surface area contributed by atoms with Gasteiger partial charge in [-0.15, -0.1) is 0 Å². The zero-order chi connectivity index (χ0) is 30.9. The van der Waals surface area contributed by atoms with Crippen LogP contribution < -0.4 is 10.1 Å². The second kappa shape index (κ2) is 14.1. The zero-order valence-corrected chi connectivity index (χ0v) is 25.6. The molecule has 0 aliphatic rings. The molecule has 0 fully saturated rings. The number of rotatable bonds is 13. The molecular weight excluding hydrogens is 556 g/mol. The molecule has 2 aromatic carbocycles. The number of aromatic nitrogens is 3. The SMILES string of the molecule is CC(C)(C)OC(=O)NCCCCCCOc1ccc(-c2cn3c(O)c(Cc4ccco4)nc3c(Cc3ccccc3)n2)cc1. The van der Waals surface area contributed by atoms with Crippen LogP contribution >= 0.6 is 0 Å². The molecule has 230 valence electrons. The van der Waals surface area contributed by atoms with Gasteiger partial charge >= 0.3 is 6.09 Å². The van der Waals surface area contributed by atoms with Crippen molar-refractivity contribution in [3.63, 3.8) is 0 Å². The van der Waals surface area contributed by atoms with Crippen molar-refractivity contribution in [1.29, 1.82) is 0 Å². The summed E-state index contributed by atoms with van der Waals surface area (Å²) in [5, 5.41) is 13.9. The molecule has 3 heterocycles. The van der Waals surface area contributed by atoms with Crippen LogP contribution in [-0.4, -0.2) is 44.3 Å². The number of nitrogens with zero attached hydrogens (tertiary/aromatic N) is 3. The van der Waals surface area contributed by atoms with E-state index in [0.717, 1.165) is 59.7 Å².